The molecule has 2 aromatic rings. The first-order valence-electron chi connectivity index (χ1n) is 11.5. The molecule has 0 bridgehead atoms. The van der Waals surface area contributed by atoms with E-state index >= 15 is 0 Å². The molecule has 0 spiro atoms. The van der Waals surface area contributed by atoms with Crippen molar-refractivity contribution in [2.75, 3.05) is 39.4 Å². The highest BCUT2D eigenvalue weighted by Crippen LogP contribution is 2.23. The fourth-order valence-corrected chi connectivity index (χ4v) is 4.24. The van der Waals surface area contributed by atoms with Gasteiger partial charge in [0.25, 0.3) is 0 Å². The molecule has 2 N–H and O–H groups in total. The number of aromatic nitrogens is 2. The first-order valence-corrected chi connectivity index (χ1v) is 11.5. The number of benzene rings is 1. The van der Waals surface area contributed by atoms with Crippen molar-refractivity contribution in [3.8, 4) is 0 Å². The van der Waals surface area contributed by atoms with E-state index in [1.54, 1.807) is 12.1 Å². The number of rotatable bonds is 8. The van der Waals surface area contributed by atoms with Crippen molar-refractivity contribution in [3.63, 3.8) is 0 Å². The van der Waals surface area contributed by atoms with Crippen LogP contribution in [0.5, 0.6) is 0 Å². The topological polar surface area (TPSA) is 66.7 Å². The second-order valence-corrected chi connectivity index (χ2v) is 8.46. The van der Waals surface area contributed by atoms with E-state index in [0.717, 1.165) is 43.3 Å². The zero-order valence-electron chi connectivity index (χ0n) is 20.0. The van der Waals surface area contributed by atoms with Crippen molar-refractivity contribution in [3.05, 3.63) is 52.6 Å². The minimum atomic E-state index is -0.217. The summed E-state index contributed by atoms with van der Waals surface area (Å²) >= 11 is 0. The Kier molecular flexibility index (Phi) is 8.64. The normalized spacial score (nSPS) is 17.2. The molecule has 32 heavy (non-hydrogen) atoms. The number of aryl methyl sites for hydroxylation is 2. The fourth-order valence-electron chi connectivity index (χ4n) is 4.24. The third-order valence-electron chi connectivity index (χ3n) is 6.04. The molecule has 1 aliphatic heterocycles. The van der Waals surface area contributed by atoms with Crippen LogP contribution < -0.4 is 10.6 Å². The zero-order chi connectivity index (χ0) is 23.1. The summed E-state index contributed by atoms with van der Waals surface area (Å²) in [6.45, 7) is 12.7. The predicted octanol–water partition coefficient (Wildman–Crippen LogP) is 2.74. The van der Waals surface area contributed by atoms with E-state index in [-0.39, 0.29) is 17.9 Å². The van der Waals surface area contributed by atoms with E-state index in [1.807, 2.05) is 17.8 Å². The first kappa shape index (κ1) is 24.2. The van der Waals surface area contributed by atoms with Crippen LogP contribution in [0.1, 0.15) is 42.4 Å². The monoisotopic (exact) mass is 444 g/mol. The molecule has 2 heterocycles. The molecule has 0 radical (unpaired) electrons. The van der Waals surface area contributed by atoms with Gasteiger partial charge in [0, 0.05) is 38.4 Å². The van der Waals surface area contributed by atoms with Gasteiger partial charge in [0.1, 0.15) is 5.82 Å². The highest BCUT2D eigenvalue weighted by atomic mass is 19.1. The number of aliphatic imine (C=N–C) groups is 1. The Morgan fingerprint density at radius 2 is 2.03 bits per heavy atom. The molecule has 1 aromatic carbocycles. The Balaban J connectivity index is 1.74. The molecule has 8 heteroatoms. The van der Waals surface area contributed by atoms with Gasteiger partial charge in [-0.2, -0.15) is 5.10 Å². The van der Waals surface area contributed by atoms with Gasteiger partial charge in [-0.3, -0.25) is 14.6 Å². The maximum Gasteiger partial charge on any atom is 0.191 e. The second kappa shape index (κ2) is 11.4. The van der Waals surface area contributed by atoms with Gasteiger partial charge in [-0.15, -0.1) is 0 Å². The quantitative estimate of drug-likeness (QED) is 0.484. The molecule has 1 aliphatic rings. The minimum Gasteiger partial charge on any atom is -0.379 e. The van der Waals surface area contributed by atoms with E-state index < -0.39 is 0 Å². The lowest BCUT2D eigenvalue weighted by atomic mass is 10.0. The van der Waals surface area contributed by atoms with E-state index in [4.69, 9.17) is 9.73 Å². The largest absolute Gasteiger partial charge is 0.379 e. The van der Waals surface area contributed by atoms with Crippen molar-refractivity contribution in [2.24, 2.45) is 12.0 Å². The van der Waals surface area contributed by atoms with Gasteiger partial charge >= 0.3 is 0 Å². The van der Waals surface area contributed by atoms with Crippen LogP contribution >= 0.6 is 0 Å². The number of halogens is 1. The first-order chi connectivity index (χ1) is 15.4. The predicted molar refractivity (Wildman–Crippen MR) is 126 cm³/mol. The van der Waals surface area contributed by atoms with Crippen LogP contribution in [0.25, 0.3) is 0 Å². The molecule has 0 saturated carbocycles. The van der Waals surface area contributed by atoms with Crippen LogP contribution in [0.4, 0.5) is 4.39 Å². The molecule has 1 saturated heterocycles. The average molecular weight is 445 g/mol. The van der Waals surface area contributed by atoms with Crippen molar-refractivity contribution in [1.82, 2.24) is 25.3 Å². The van der Waals surface area contributed by atoms with Gasteiger partial charge < -0.3 is 15.4 Å². The minimum absolute atomic E-state index is 0.00294. The molecule has 1 fully saturated rings. The third-order valence-corrected chi connectivity index (χ3v) is 6.04. The second-order valence-electron chi connectivity index (χ2n) is 8.46. The Bertz CT molecular complexity index is 906. The Hall–Kier alpha value is -2.45. The third kappa shape index (κ3) is 6.29. The van der Waals surface area contributed by atoms with Crippen molar-refractivity contribution < 1.29 is 9.13 Å². The highest BCUT2D eigenvalue weighted by molar-refractivity contribution is 5.80. The molecule has 0 amide bonds. The molecule has 2 atom stereocenters. The van der Waals surface area contributed by atoms with Crippen LogP contribution in [-0.2, 0) is 18.2 Å². The number of ether oxygens (including phenoxy) is 1. The number of morpholine rings is 1. The maximum atomic E-state index is 13.9. The molecule has 7 nitrogen and oxygen atoms in total. The summed E-state index contributed by atoms with van der Waals surface area (Å²) in [5, 5.41) is 11.4. The summed E-state index contributed by atoms with van der Waals surface area (Å²) in [6, 6.07) is 7.04. The summed E-state index contributed by atoms with van der Waals surface area (Å²) < 4.78 is 21.4. The summed E-state index contributed by atoms with van der Waals surface area (Å²) in [5.74, 6) is 0.555. The Morgan fingerprint density at radius 3 is 2.66 bits per heavy atom. The van der Waals surface area contributed by atoms with E-state index in [0.29, 0.717) is 19.8 Å². The van der Waals surface area contributed by atoms with E-state index in [2.05, 4.69) is 48.3 Å². The van der Waals surface area contributed by atoms with Crippen LogP contribution in [0.3, 0.4) is 0 Å². The van der Waals surface area contributed by atoms with E-state index in [1.165, 1.54) is 17.3 Å². The summed E-state index contributed by atoms with van der Waals surface area (Å²) in [4.78, 5) is 7.23. The van der Waals surface area contributed by atoms with Crippen LogP contribution in [-0.4, -0.2) is 66.1 Å². The molecule has 176 valence electrons. The van der Waals surface area contributed by atoms with Gasteiger partial charge in [-0.1, -0.05) is 12.1 Å². The van der Waals surface area contributed by atoms with Crippen LogP contribution in [0, 0.1) is 19.7 Å². The molecular weight excluding hydrogens is 407 g/mol. The SMILES string of the molecule is CCNC(=NCC(c1cccc(F)c1)N1CCOCC1)NC(C)Cc1c(C)nn(C)c1C. The Morgan fingerprint density at radius 1 is 1.28 bits per heavy atom. The lowest BCUT2D eigenvalue weighted by Gasteiger charge is -2.34. The molecular formula is C24H37FN6O. The fraction of sp³-hybridized carbons (Fsp3) is 0.583. The van der Waals surface area contributed by atoms with Crippen LogP contribution in [0.15, 0.2) is 29.3 Å². The van der Waals surface area contributed by atoms with Gasteiger partial charge in [0.05, 0.1) is 31.5 Å². The summed E-state index contributed by atoms with van der Waals surface area (Å²) in [7, 11) is 1.98. The Labute approximate surface area is 191 Å². The molecule has 0 aliphatic carbocycles. The molecule has 3 rings (SSSR count). The smallest absolute Gasteiger partial charge is 0.191 e. The number of guanidine groups is 1. The van der Waals surface area contributed by atoms with Crippen LogP contribution in [0.2, 0.25) is 0 Å². The summed E-state index contributed by atoms with van der Waals surface area (Å²) in [5.41, 5.74) is 4.48. The summed E-state index contributed by atoms with van der Waals surface area (Å²) in [6.07, 6.45) is 0.868. The molecule has 2 unspecified atom stereocenters. The van der Waals surface area contributed by atoms with Crippen molar-refractivity contribution >= 4 is 5.96 Å². The lowest BCUT2D eigenvalue weighted by molar-refractivity contribution is 0.0179. The zero-order valence-corrected chi connectivity index (χ0v) is 20.0. The van der Waals surface area contributed by atoms with E-state index in [9.17, 15) is 4.39 Å². The number of hydrogen-bond acceptors (Lipinski definition) is 4. The molecule has 1 aromatic heterocycles. The lowest BCUT2D eigenvalue weighted by Crippen LogP contribution is -2.44. The maximum absolute atomic E-state index is 13.9. The van der Waals surface area contributed by atoms with Gasteiger partial charge in [0.15, 0.2) is 5.96 Å². The number of nitrogens with one attached hydrogen (secondary N) is 2. The average Bonchev–Trinajstić information content (AvgIpc) is 3.00. The standard InChI is InChI=1S/C24H37FN6O/c1-6-26-24(28-17(2)14-22-18(3)29-30(5)19(22)4)27-16-23(31-10-12-32-13-11-31)20-8-7-9-21(25)15-20/h7-9,15,17,23H,6,10-14,16H2,1-5H3,(H2,26,27,28). The van der Waals surface area contributed by atoms with Crippen molar-refractivity contribution in [1.29, 1.82) is 0 Å². The van der Waals surface area contributed by atoms with Crippen molar-refractivity contribution in [2.45, 2.75) is 46.2 Å². The number of hydrogen-bond donors (Lipinski definition) is 2. The van der Waals surface area contributed by atoms with Gasteiger partial charge in [0.2, 0.25) is 0 Å². The number of nitrogens with zero attached hydrogens (tertiary/aromatic N) is 4. The van der Waals surface area contributed by atoms with Gasteiger partial charge in [-0.05, 0) is 57.4 Å². The van der Waals surface area contributed by atoms with Gasteiger partial charge in [-0.25, -0.2) is 4.39 Å². The highest BCUT2D eigenvalue weighted by Gasteiger charge is 2.23.